The number of hydrogen-bond acceptors (Lipinski definition) is 7. The number of carbonyl (C=O) groups is 4. The van der Waals surface area contributed by atoms with Gasteiger partial charge in [-0.3, -0.25) is 14.2 Å². The number of carboxylic acid groups (broad SMARTS) is 2. The average molecular weight is 559 g/mol. The first kappa shape index (κ1) is 29.0. The van der Waals surface area contributed by atoms with Gasteiger partial charge in [0.25, 0.3) is 11.8 Å². The Morgan fingerprint density at radius 1 is 0.902 bits per heavy atom. The average Bonchev–Trinajstić information content (AvgIpc) is 3.28. The summed E-state index contributed by atoms with van der Waals surface area (Å²) in [7, 11) is 0. The van der Waals surface area contributed by atoms with Gasteiger partial charge >= 0.3 is 17.9 Å². The van der Waals surface area contributed by atoms with Gasteiger partial charge in [0.2, 0.25) is 0 Å². The Hall–Kier alpha value is -4.99. The number of carboxylic acids is 2. The molecule has 10 heteroatoms. The molecule has 0 atom stereocenters. The van der Waals surface area contributed by atoms with Gasteiger partial charge in [-0.05, 0) is 50.5 Å². The Kier molecular flexibility index (Phi) is 8.23. The minimum Gasteiger partial charge on any atom is -0.478 e. The Bertz CT molecular complexity index is 1650. The van der Waals surface area contributed by atoms with Gasteiger partial charge in [-0.15, -0.1) is 0 Å². The van der Waals surface area contributed by atoms with Gasteiger partial charge in [-0.25, -0.2) is 9.59 Å². The number of hydrogen-bond donors (Lipinski definition) is 2. The van der Waals surface area contributed by atoms with Crippen LogP contribution in [0.1, 0.15) is 59.5 Å². The quantitative estimate of drug-likeness (QED) is 0.152. The van der Waals surface area contributed by atoms with Crippen molar-refractivity contribution in [1.29, 1.82) is 0 Å². The van der Waals surface area contributed by atoms with Crippen molar-refractivity contribution in [2.24, 2.45) is 5.41 Å². The van der Waals surface area contributed by atoms with Crippen molar-refractivity contribution in [3.8, 4) is 17.1 Å². The molecule has 0 radical (unpaired) electrons. The molecule has 0 saturated carbocycles. The topological polar surface area (TPSA) is 145 Å². The van der Waals surface area contributed by atoms with E-state index in [4.69, 9.17) is 9.47 Å². The highest BCUT2D eigenvalue weighted by molar-refractivity contribution is 6.41. The zero-order chi connectivity index (χ0) is 29.9. The molecule has 0 aliphatic heterocycles. The number of ether oxygens (including phenoxy) is 2. The minimum absolute atomic E-state index is 0.0158. The minimum atomic E-state index is -1.54. The molecule has 2 N–H and O–H groups in total. The predicted molar refractivity (Wildman–Crippen MR) is 150 cm³/mol. The van der Waals surface area contributed by atoms with E-state index in [0.29, 0.717) is 27.7 Å². The molecule has 212 valence electrons. The SMILES string of the molecule is CCOc1nc2c(COC(=O)C(C)(C)C)ccc(C(=O)O)c2n1Cc1ccc(-c2ccccc2C(=O)C(=O)O)cc1. The molecule has 0 fully saturated rings. The van der Waals surface area contributed by atoms with Gasteiger partial charge in [0.05, 0.1) is 35.2 Å². The first-order valence-corrected chi connectivity index (χ1v) is 12.9. The second kappa shape index (κ2) is 11.6. The number of rotatable bonds is 10. The fourth-order valence-corrected chi connectivity index (χ4v) is 4.33. The number of carbonyl (C=O) groups excluding carboxylic acids is 2. The second-order valence-corrected chi connectivity index (χ2v) is 10.4. The van der Waals surface area contributed by atoms with Gasteiger partial charge in [-0.1, -0.05) is 54.6 Å². The van der Waals surface area contributed by atoms with Crippen molar-refractivity contribution in [3.05, 3.63) is 82.9 Å². The van der Waals surface area contributed by atoms with Crippen LogP contribution in [-0.4, -0.2) is 50.1 Å². The molecule has 0 unspecified atom stereocenters. The van der Waals surface area contributed by atoms with E-state index in [-0.39, 0.29) is 36.9 Å². The molecule has 1 aromatic heterocycles. The van der Waals surface area contributed by atoms with E-state index in [9.17, 15) is 29.4 Å². The van der Waals surface area contributed by atoms with E-state index in [1.165, 1.54) is 12.1 Å². The van der Waals surface area contributed by atoms with E-state index in [1.54, 1.807) is 80.8 Å². The van der Waals surface area contributed by atoms with Crippen LogP contribution in [0.3, 0.4) is 0 Å². The van der Waals surface area contributed by atoms with Gasteiger partial charge in [-0.2, -0.15) is 4.98 Å². The van der Waals surface area contributed by atoms with Crippen molar-refractivity contribution in [1.82, 2.24) is 9.55 Å². The molecule has 0 aliphatic carbocycles. The molecule has 10 nitrogen and oxygen atoms in total. The van der Waals surface area contributed by atoms with Crippen molar-refractivity contribution in [2.45, 2.75) is 40.8 Å². The highest BCUT2D eigenvalue weighted by atomic mass is 16.5. The van der Waals surface area contributed by atoms with Crippen LogP contribution < -0.4 is 4.74 Å². The molecule has 4 rings (SSSR count). The van der Waals surface area contributed by atoms with Gasteiger partial charge in [0.15, 0.2) is 0 Å². The number of nitrogens with zero attached hydrogens (tertiary/aromatic N) is 2. The number of imidazole rings is 1. The highest BCUT2D eigenvalue weighted by Crippen LogP contribution is 2.31. The van der Waals surface area contributed by atoms with Crippen molar-refractivity contribution in [3.63, 3.8) is 0 Å². The van der Waals surface area contributed by atoms with Crippen LogP contribution in [0.4, 0.5) is 0 Å². The number of aromatic carboxylic acids is 1. The molecule has 4 aromatic rings. The third-order valence-corrected chi connectivity index (χ3v) is 6.39. The van der Waals surface area contributed by atoms with E-state index in [2.05, 4.69) is 4.98 Å². The first-order chi connectivity index (χ1) is 19.4. The van der Waals surface area contributed by atoms with Crippen molar-refractivity contribution in [2.75, 3.05) is 6.61 Å². The molecular weight excluding hydrogens is 528 g/mol. The fourth-order valence-electron chi connectivity index (χ4n) is 4.33. The molecule has 0 amide bonds. The van der Waals surface area contributed by atoms with Crippen LogP contribution in [0.25, 0.3) is 22.2 Å². The standard InChI is InChI=1S/C31H30N2O8/c1-5-40-30-32-24-20(17-41-29(39)31(2,3)4)14-15-23(27(35)36)25(24)33(30)16-18-10-12-19(13-11-18)21-8-6-7-9-22(21)26(34)28(37)38/h6-15H,5,16-17H2,1-4H3,(H,35,36)(H,37,38). The molecule has 41 heavy (non-hydrogen) atoms. The van der Waals surface area contributed by atoms with Gasteiger partial charge in [0.1, 0.15) is 6.61 Å². The molecule has 3 aromatic carbocycles. The fraction of sp³-hybridized carbons (Fsp3) is 0.258. The number of Topliss-reactive ketones (excluding diaryl/α,β-unsaturated/α-hetero) is 1. The van der Waals surface area contributed by atoms with Gasteiger partial charge < -0.3 is 19.7 Å². The largest absolute Gasteiger partial charge is 0.478 e. The number of benzene rings is 3. The third kappa shape index (κ3) is 6.11. The Labute approximate surface area is 236 Å². The lowest BCUT2D eigenvalue weighted by Crippen LogP contribution is -2.22. The Morgan fingerprint density at radius 2 is 1.59 bits per heavy atom. The number of fused-ring (bicyclic) bond motifs is 1. The molecule has 0 saturated heterocycles. The number of aromatic nitrogens is 2. The lowest BCUT2D eigenvalue weighted by molar-refractivity contribution is -0.154. The molecule has 1 heterocycles. The van der Waals surface area contributed by atoms with Crippen LogP contribution >= 0.6 is 0 Å². The van der Waals surface area contributed by atoms with Crippen LogP contribution in [0.5, 0.6) is 6.01 Å². The smallest absolute Gasteiger partial charge is 0.377 e. The maximum atomic E-state index is 12.4. The molecule has 0 aliphatic rings. The zero-order valence-electron chi connectivity index (χ0n) is 23.1. The van der Waals surface area contributed by atoms with Crippen LogP contribution in [0, 0.1) is 5.41 Å². The summed E-state index contributed by atoms with van der Waals surface area (Å²) >= 11 is 0. The first-order valence-electron chi connectivity index (χ1n) is 12.9. The maximum absolute atomic E-state index is 12.4. The molecular formula is C31H30N2O8. The van der Waals surface area contributed by atoms with Crippen LogP contribution in [0.15, 0.2) is 60.7 Å². The Balaban J connectivity index is 1.75. The summed E-state index contributed by atoms with van der Waals surface area (Å²) in [5, 5.41) is 19.2. The monoisotopic (exact) mass is 558 g/mol. The summed E-state index contributed by atoms with van der Waals surface area (Å²) in [5.74, 6) is -4.08. The summed E-state index contributed by atoms with van der Waals surface area (Å²) < 4.78 is 12.9. The summed E-state index contributed by atoms with van der Waals surface area (Å²) in [6.07, 6.45) is 0. The van der Waals surface area contributed by atoms with Gasteiger partial charge in [0, 0.05) is 11.1 Å². The van der Waals surface area contributed by atoms with E-state index >= 15 is 0 Å². The van der Waals surface area contributed by atoms with E-state index < -0.39 is 29.1 Å². The van der Waals surface area contributed by atoms with Crippen LogP contribution in [-0.2, 0) is 27.5 Å². The third-order valence-electron chi connectivity index (χ3n) is 6.39. The number of aliphatic carboxylic acids is 1. The second-order valence-electron chi connectivity index (χ2n) is 10.4. The summed E-state index contributed by atoms with van der Waals surface area (Å²) in [5.41, 5.74) is 2.52. The molecule has 0 spiro atoms. The summed E-state index contributed by atoms with van der Waals surface area (Å²) in [6, 6.07) is 16.8. The molecule has 0 bridgehead atoms. The van der Waals surface area contributed by atoms with Crippen LogP contribution in [0.2, 0.25) is 0 Å². The lowest BCUT2D eigenvalue weighted by Gasteiger charge is -2.17. The van der Waals surface area contributed by atoms with Crippen molar-refractivity contribution < 1.29 is 38.9 Å². The Morgan fingerprint density at radius 3 is 2.20 bits per heavy atom. The number of ketones is 1. The maximum Gasteiger partial charge on any atom is 0.377 e. The van der Waals surface area contributed by atoms with E-state index in [1.807, 2.05) is 0 Å². The predicted octanol–water partition coefficient (Wildman–Crippen LogP) is 5.21. The zero-order valence-corrected chi connectivity index (χ0v) is 23.1. The lowest BCUT2D eigenvalue weighted by atomic mass is 9.96. The normalized spacial score (nSPS) is 11.3. The van der Waals surface area contributed by atoms with Crippen molar-refractivity contribution >= 4 is 34.7 Å². The number of esters is 1. The van der Waals surface area contributed by atoms with E-state index in [0.717, 1.165) is 5.56 Å². The summed E-state index contributed by atoms with van der Waals surface area (Å²) in [4.78, 5) is 52.6. The summed E-state index contributed by atoms with van der Waals surface area (Å²) in [6.45, 7) is 7.42. The highest BCUT2D eigenvalue weighted by Gasteiger charge is 2.26.